The van der Waals surface area contributed by atoms with Crippen LogP contribution in [0.2, 0.25) is 36.3 Å². The maximum atomic E-state index is 12.3. The zero-order valence-corrected chi connectivity index (χ0v) is 39.4. The summed E-state index contributed by atoms with van der Waals surface area (Å²) in [4.78, 5) is 12.3. The van der Waals surface area contributed by atoms with E-state index in [1.54, 1.807) is 0 Å². The largest absolute Gasteiger partial charge is 0.455 e. The summed E-state index contributed by atoms with van der Waals surface area (Å²) in [6, 6.07) is 0. The quantitative estimate of drug-likeness (QED) is 0.0480. The summed E-state index contributed by atoms with van der Waals surface area (Å²) in [5.74, 6) is 12.4. The second kappa shape index (κ2) is 24.3. The lowest BCUT2D eigenvalue weighted by Crippen LogP contribution is -2.47. The molecule has 55 heavy (non-hydrogen) atoms. The molecule has 0 aliphatic carbocycles. The second-order valence-corrected chi connectivity index (χ2v) is 28.8. The Morgan fingerprint density at radius 2 is 1.40 bits per heavy atom. The lowest BCUT2D eigenvalue weighted by atomic mass is 10.0. The van der Waals surface area contributed by atoms with Gasteiger partial charge in [-0.3, -0.25) is 0 Å². The van der Waals surface area contributed by atoms with Crippen molar-refractivity contribution >= 4 is 22.6 Å². The van der Waals surface area contributed by atoms with E-state index in [9.17, 15) is 9.90 Å². The van der Waals surface area contributed by atoms with Crippen molar-refractivity contribution in [1.82, 2.24) is 0 Å². The number of cyclic esters (lactones) is 1. The molecule has 2 heterocycles. The van der Waals surface area contributed by atoms with Crippen LogP contribution in [0.15, 0.2) is 23.8 Å². The number of ether oxygens (including phenoxy) is 2. The molecule has 2 rings (SSSR count). The molecule has 1 saturated heterocycles. The molecule has 8 heteroatoms. The Hall–Kier alpha value is -1.66. The van der Waals surface area contributed by atoms with Crippen LogP contribution < -0.4 is 0 Å². The molecular formula is C47H82O6Si2. The van der Waals surface area contributed by atoms with Crippen molar-refractivity contribution in [2.75, 3.05) is 0 Å². The van der Waals surface area contributed by atoms with Gasteiger partial charge in [-0.05, 0) is 87.4 Å². The first kappa shape index (κ1) is 49.5. The average Bonchev–Trinajstić information content (AvgIpc) is 3.70. The van der Waals surface area contributed by atoms with Crippen LogP contribution in [-0.4, -0.2) is 64.3 Å². The van der Waals surface area contributed by atoms with Gasteiger partial charge in [-0.15, -0.1) is 5.92 Å². The number of rotatable bonds is 23. The topological polar surface area (TPSA) is 74.2 Å². The van der Waals surface area contributed by atoms with Gasteiger partial charge in [0.2, 0.25) is 0 Å². The predicted molar refractivity (Wildman–Crippen MR) is 236 cm³/mol. The second-order valence-electron chi connectivity index (χ2n) is 19.3. The van der Waals surface area contributed by atoms with Gasteiger partial charge >= 0.3 is 5.97 Å². The number of hydrogen-bond acceptors (Lipinski definition) is 6. The Balaban J connectivity index is 1.82. The molecule has 314 valence electrons. The summed E-state index contributed by atoms with van der Waals surface area (Å²) in [6.45, 7) is 26.9. The third-order valence-electron chi connectivity index (χ3n) is 12.2. The van der Waals surface area contributed by atoms with Crippen LogP contribution in [0.25, 0.3) is 0 Å². The van der Waals surface area contributed by atoms with Crippen molar-refractivity contribution in [3.05, 3.63) is 23.8 Å². The van der Waals surface area contributed by atoms with Gasteiger partial charge in [-0.2, -0.15) is 0 Å². The summed E-state index contributed by atoms with van der Waals surface area (Å²) in [6.07, 6.45) is 24.2. The fourth-order valence-electron chi connectivity index (χ4n) is 6.64. The van der Waals surface area contributed by atoms with Crippen molar-refractivity contribution < 1.29 is 28.2 Å². The van der Waals surface area contributed by atoms with Crippen LogP contribution >= 0.6 is 0 Å². The Morgan fingerprint density at radius 1 is 0.836 bits per heavy atom. The summed E-state index contributed by atoms with van der Waals surface area (Å²) < 4.78 is 25.5. The minimum absolute atomic E-state index is 0.0198. The Morgan fingerprint density at radius 3 is 1.98 bits per heavy atom. The highest BCUT2D eigenvalue weighted by molar-refractivity contribution is 6.74. The molecule has 2 aliphatic rings. The van der Waals surface area contributed by atoms with Crippen molar-refractivity contribution in [3.8, 4) is 23.7 Å². The van der Waals surface area contributed by atoms with Gasteiger partial charge in [-0.25, -0.2) is 4.79 Å². The summed E-state index contributed by atoms with van der Waals surface area (Å²) >= 11 is 0. The van der Waals surface area contributed by atoms with Gasteiger partial charge in [0.15, 0.2) is 16.6 Å². The molecule has 0 radical (unpaired) electrons. The number of aliphatic hydroxyl groups excluding tert-OH is 1. The fourth-order valence-corrected chi connectivity index (χ4v) is 9.39. The molecule has 0 spiro atoms. The highest BCUT2D eigenvalue weighted by atomic mass is 28.4. The van der Waals surface area contributed by atoms with Crippen molar-refractivity contribution in [1.29, 1.82) is 0 Å². The van der Waals surface area contributed by atoms with E-state index in [1.807, 2.05) is 19.1 Å². The molecule has 2 aliphatic heterocycles. The SMILES string of the molecule is CCCCCCCCCCCC[C@H](O[Si](C)(C)C(C)(C)C)[C@@H]1CC[C@H]([C@H](O)C#CCCCC#C/C=C/C[C@H](CC2=C[C@H](C)OC2=O)O[Si](C)(C)C(C)(C)C)O1. The number of allylic oxidation sites excluding steroid dienone is 1. The molecule has 0 aromatic heterocycles. The van der Waals surface area contributed by atoms with E-state index in [0.29, 0.717) is 24.8 Å². The van der Waals surface area contributed by atoms with Crippen LogP contribution in [0.3, 0.4) is 0 Å². The molecule has 0 aromatic carbocycles. The van der Waals surface area contributed by atoms with Crippen LogP contribution in [0, 0.1) is 23.7 Å². The Labute approximate surface area is 341 Å². The molecule has 6 nitrogen and oxygen atoms in total. The highest BCUT2D eigenvalue weighted by Gasteiger charge is 2.43. The van der Waals surface area contributed by atoms with Gasteiger partial charge in [0, 0.05) is 24.8 Å². The molecule has 1 N–H and O–H groups in total. The molecular weight excluding hydrogens is 717 g/mol. The first-order valence-electron chi connectivity index (χ1n) is 22.0. The zero-order chi connectivity index (χ0) is 41.1. The summed E-state index contributed by atoms with van der Waals surface area (Å²) in [7, 11) is -3.99. The molecule has 0 bridgehead atoms. The molecule has 1 fully saturated rings. The van der Waals surface area contributed by atoms with E-state index in [1.165, 1.54) is 64.2 Å². The number of carbonyl (C=O) groups excluding carboxylic acids is 1. The third-order valence-corrected chi connectivity index (χ3v) is 21.2. The van der Waals surface area contributed by atoms with Gasteiger partial charge in [0.1, 0.15) is 12.2 Å². The third kappa shape index (κ3) is 18.6. The maximum Gasteiger partial charge on any atom is 0.334 e. The Kier molecular flexibility index (Phi) is 21.9. The van der Waals surface area contributed by atoms with Crippen LogP contribution in [0.5, 0.6) is 0 Å². The van der Waals surface area contributed by atoms with Crippen molar-refractivity contribution in [3.63, 3.8) is 0 Å². The number of carbonyl (C=O) groups is 1. The lowest BCUT2D eigenvalue weighted by molar-refractivity contribution is -0.139. The van der Waals surface area contributed by atoms with Crippen LogP contribution in [0.4, 0.5) is 0 Å². The minimum atomic E-state index is -2.02. The van der Waals surface area contributed by atoms with Crippen LogP contribution in [0.1, 0.15) is 171 Å². The first-order chi connectivity index (χ1) is 25.8. The molecule has 0 aromatic rings. The first-order valence-corrected chi connectivity index (χ1v) is 27.8. The lowest BCUT2D eigenvalue weighted by Gasteiger charge is -2.41. The standard InChI is InChI=1S/C47H82O6Si2/c1-13-14-15-16-17-18-19-24-27-30-33-44(53-55(11,12)47(6,7)8)43-35-34-42(51-43)41(48)32-29-26-23-21-20-22-25-28-31-40(52-54(9,10)46(3,4)5)37-39-36-38(2)50-45(39)49/h25,28,36,38,40-44,48H,13-19,21,23-24,26-27,30-31,33-35,37H2,1-12H3/b28-25+/t38-,40+,41+,42+,43-,44-/m0/s1. The number of esters is 1. The number of aliphatic hydroxyl groups is 1. The Bertz CT molecular complexity index is 1310. The summed E-state index contributed by atoms with van der Waals surface area (Å²) in [5, 5.41) is 11.2. The zero-order valence-electron chi connectivity index (χ0n) is 37.4. The van der Waals surface area contributed by atoms with Gasteiger partial charge in [-0.1, -0.05) is 137 Å². The number of unbranched alkanes of at least 4 members (excludes halogenated alkanes) is 11. The van der Waals surface area contributed by atoms with E-state index in [0.717, 1.165) is 32.1 Å². The van der Waals surface area contributed by atoms with Gasteiger partial charge < -0.3 is 23.4 Å². The van der Waals surface area contributed by atoms with Crippen molar-refractivity contribution in [2.45, 2.75) is 244 Å². The maximum absolute atomic E-state index is 12.3. The summed E-state index contributed by atoms with van der Waals surface area (Å²) in [5.41, 5.74) is 0.709. The fraction of sp³-hybridized carbons (Fsp3) is 0.809. The van der Waals surface area contributed by atoms with E-state index < -0.39 is 22.7 Å². The van der Waals surface area contributed by atoms with Gasteiger partial charge in [0.25, 0.3) is 0 Å². The highest BCUT2D eigenvalue weighted by Crippen LogP contribution is 2.41. The average molecular weight is 799 g/mol. The molecule has 6 atom stereocenters. The van der Waals surface area contributed by atoms with E-state index in [4.69, 9.17) is 18.3 Å². The van der Waals surface area contributed by atoms with Crippen molar-refractivity contribution in [2.24, 2.45) is 0 Å². The number of hydrogen-bond donors (Lipinski definition) is 1. The molecule has 0 saturated carbocycles. The monoisotopic (exact) mass is 799 g/mol. The predicted octanol–water partition coefficient (Wildman–Crippen LogP) is 12.4. The van der Waals surface area contributed by atoms with E-state index in [2.05, 4.69) is 104 Å². The smallest absolute Gasteiger partial charge is 0.334 e. The van der Waals surface area contributed by atoms with E-state index >= 15 is 0 Å². The van der Waals surface area contributed by atoms with E-state index in [-0.39, 0.29) is 46.6 Å². The van der Waals surface area contributed by atoms with Crippen LogP contribution in [-0.2, 0) is 23.1 Å². The molecule has 0 amide bonds. The normalized spacial score (nSPS) is 21.1. The molecule has 0 unspecified atom stereocenters. The van der Waals surface area contributed by atoms with Gasteiger partial charge in [0.05, 0.1) is 24.4 Å². The minimum Gasteiger partial charge on any atom is -0.455 e.